The third-order valence-corrected chi connectivity index (χ3v) is 4.33. The number of ether oxygens (including phenoxy) is 1. The molecule has 20 heavy (non-hydrogen) atoms. The van der Waals surface area contributed by atoms with E-state index in [0.717, 1.165) is 12.2 Å². The number of nitrogens with one attached hydrogen (secondary N) is 1. The number of para-hydroxylation sites is 2. The number of aromatic amines is 1. The van der Waals surface area contributed by atoms with E-state index in [9.17, 15) is 0 Å². The molecule has 2 aliphatic rings. The molecular weight excluding hydrogens is 246 g/mol. The summed E-state index contributed by atoms with van der Waals surface area (Å²) in [7, 11) is 0. The fraction of sp³-hybridized carbons (Fsp3) is 0.111. The van der Waals surface area contributed by atoms with Crippen LogP contribution in [0.5, 0.6) is 5.75 Å². The van der Waals surface area contributed by atoms with Gasteiger partial charge in [-0.15, -0.1) is 0 Å². The van der Waals surface area contributed by atoms with Gasteiger partial charge in [-0.3, -0.25) is 0 Å². The Labute approximate surface area is 116 Å². The Morgan fingerprint density at radius 2 is 1.85 bits per heavy atom. The Bertz CT molecular complexity index is 872. The molecule has 2 heteroatoms. The van der Waals surface area contributed by atoms with Gasteiger partial charge in [-0.25, -0.2) is 0 Å². The Kier molecular flexibility index (Phi) is 1.83. The molecule has 1 unspecified atom stereocenters. The molecule has 2 aromatic carbocycles. The molecule has 1 N–H and O–H groups in total. The Hall–Kier alpha value is -2.48. The van der Waals surface area contributed by atoms with E-state index in [4.69, 9.17) is 4.74 Å². The summed E-state index contributed by atoms with van der Waals surface area (Å²) in [5.41, 5.74) is 6.38. The number of hydrogen-bond donors (Lipinski definition) is 1. The van der Waals surface area contributed by atoms with E-state index in [0.29, 0.717) is 0 Å². The second kappa shape index (κ2) is 3.54. The average molecular weight is 259 g/mol. The van der Waals surface area contributed by atoms with Crippen LogP contribution in [0, 0.1) is 0 Å². The van der Waals surface area contributed by atoms with E-state index in [-0.39, 0.29) is 6.10 Å². The molecule has 1 aromatic heterocycles. The second-order valence-electron chi connectivity index (χ2n) is 5.47. The van der Waals surface area contributed by atoms with Crippen molar-refractivity contribution in [3.63, 3.8) is 0 Å². The first kappa shape index (κ1) is 10.3. The number of rotatable bonds is 0. The van der Waals surface area contributed by atoms with Crippen molar-refractivity contribution in [1.29, 1.82) is 0 Å². The van der Waals surface area contributed by atoms with Crippen molar-refractivity contribution < 1.29 is 4.74 Å². The van der Waals surface area contributed by atoms with E-state index in [1.165, 1.54) is 33.3 Å². The van der Waals surface area contributed by atoms with Crippen molar-refractivity contribution in [2.75, 3.05) is 0 Å². The Morgan fingerprint density at radius 3 is 2.85 bits per heavy atom. The van der Waals surface area contributed by atoms with E-state index in [2.05, 4.69) is 53.5 Å². The Balaban J connectivity index is 1.78. The summed E-state index contributed by atoms with van der Waals surface area (Å²) in [5.74, 6) is 1.01. The van der Waals surface area contributed by atoms with E-state index in [1.807, 2.05) is 6.07 Å². The molecule has 5 rings (SSSR count). The zero-order valence-corrected chi connectivity index (χ0v) is 10.9. The minimum absolute atomic E-state index is 0.160. The lowest BCUT2D eigenvalue weighted by atomic mass is 9.91. The van der Waals surface area contributed by atoms with Crippen LogP contribution >= 0.6 is 0 Å². The summed E-state index contributed by atoms with van der Waals surface area (Å²) in [5, 5.41) is 1.30. The van der Waals surface area contributed by atoms with Crippen molar-refractivity contribution in [3.05, 3.63) is 65.4 Å². The number of hydrogen-bond acceptors (Lipinski definition) is 1. The molecule has 0 amide bonds. The van der Waals surface area contributed by atoms with Crippen LogP contribution in [0.15, 0.2) is 48.5 Å². The van der Waals surface area contributed by atoms with Crippen LogP contribution in [0.1, 0.15) is 16.8 Å². The molecule has 3 aromatic rings. The minimum atomic E-state index is 0.160. The highest BCUT2D eigenvalue weighted by Gasteiger charge is 2.33. The lowest BCUT2D eigenvalue weighted by Crippen LogP contribution is -2.19. The highest BCUT2D eigenvalue weighted by atomic mass is 16.5. The van der Waals surface area contributed by atoms with Crippen LogP contribution in [-0.4, -0.2) is 11.1 Å². The lowest BCUT2D eigenvalue weighted by Gasteiger charge is -2.17. The maximum atomic E-state index is 6.08. The fourth-order valence-electron chi connectivity index (χ4n) is 3.41. The fourth-order valence-corrected chi connectivity index (χ4v) is 3.41. The van der Waals surface area contributed by atoms with Gasteiger partial charge in [-0.2, -0.15) is 0 Å². The summed E-state index contributed by atoms with van der Waals surface area (Å²) in [6, 6.07) is 16.8. The maximum Gasteiger partial charge on any atom is 0.130 e. The van der Waals surface area contributed by atoms with Gasteiger partial charge in [0.2, 0.25) is 0 Å². The van der Waals surface area contributed by atoms with Crippen LogP contribution in [-0.2, 0) is 6.42 Å². The van der Waals surface area contributed by atoms with Gasteiger partial charge >= 0.3 is 0 Å². The van der Waals surface area contributed by atoms with Crippen molar-refractivity contribution in [2.24, 2.45) is 0 Å². The van der Waals surface area contributed by atoms with Gasteiger partial charge in [-0.1, -0.05) is 36.4 Å². The molecule has 0 saturated carbocycles. The highest BCUT2D eigenvalue weighted by molar-refractivity contribution is 6.00. The van der Waals surface area contributed by atoms with Crippen molar-refractivity contribution in [1.82, 2.24) is 4.98 Å². The van der Waals surface area contributed by atoms with E-state index in [1.54, 1.807) is 0 Å². The van der Waals surface area contributed by atoms with Crippen molar-refractivity contribution in [2.45, 2.75) is 12.5 Å². The number of fused-ring (bicyclic) bond motifs is 6. The molecule has 0 spiro atoms. The van der Waals surface area contributed by atoms with E-state index < -0.39 is 0 Å². The predicted molar refractivity (Wildman–Crippen MR) is 80.7 cm³/mol. The summed E-state index contributed by atoms with van der Waals surface area (Å²) < 4.78 is 6.08. The molecule has 0 saturated heterocycles. The van der Waals surface area contributed by atoms with Gasteiger partial charge in [0.05, 0.1) is 0 Å². The third-order valence-electron chi connectivity index (χ3n) is 4.33. The highest BCUT2D eigenvalue weighted by Crippen LogP contribution is 2.43. The molecule has 0 fully saturated rings. The maximum absolute atomic E-state index is 6.08. The van der Waals surface area contributed by atoms with Crippen LogP contribution in [0.4, 0.5) is 0 Å². The molecule has 0 radical (unpaired) electrons. The molecular formula is C18H13NO. The zero-order chi connectivity index (χ0) is 13.1. The summed E-state index contributed by atoms with van der Waals surface area (Å²) in [4.78, 5) is 3.53. The SMILES string of the molecule is C1=C2c3ccccc3OC2Cc2[nH]c3ccccc3c21. The standard InChI is InChI=1S/C18H13NO/c1-3-7-15-11(5-1)13-9-14-12-6-2-4-8-17(12)20-18(14)10-16(13)19-15/h1-9,18-19H,10H2. The van der Waals surface area contributed by atoms with Crippen LogP contribution in [0.3, 0.4) is 0 Å². The van der Waals surface area contributed by atoms with Gasteiger partial charge in [0, 0.05) is 39.7 Å². The molecule has 0 bridgehead atoms. The molecule has 2 nitrogen and oxygen atoms in total. The van der Waals surface area contributed by atoms with Crippen LogP contribution in [0.2, 0.25) is 0 Å². The number of aromatic nitrogens is 1. The van der Waals surface area contributed by atoms with Gasteiger partial charge < -0.3 is 9.72 Å². The topological polar surface area (TPSA) is 25.0 Å². The van der Waals surface area contributed by atoms with Gasteiger partial charge in [-0.05, 0) is 18.2 Å². The van der Waals surface area contributed by atoms with Crippen LogP contribution < -0.4 is 4.74 Å². The third kappa shape index (κ3) is 1.23. The average Bonchev–Trinajstić information content (AvgIpc) is 3.02. The minimum Gasteiger partial charge on any atom is -0.485 e. The summed E-state index contributed by atoms with van der Waals surface area (Å²) >= 11 is 0. The Morgan fingerprint density at radius 1 is 1.00 bits per heavy atom. The molecule has 1 atom stereocenters. The van der Waals surface area contributed by atoms with Gasteiger partial charge in [0.25, 0.3) is 0 Å². The lowest BCUT2D eigenvalue weighted by molar-refractivity contribution is 0.275. The monoisotopic (exact) mass is 259 g/mol. The predicted octanol–water partition coefficient (Wildman–Crippen LogP) is 4.03. The molecule has 1 aliphatic carbocycles. The van der Waals surface area contributed by atoms with Crippen LogP contribution in [0.25, 0.3) is 22.6 Å². The molecule has 1 aliphatic heterocycles. The largest absolute Gasteiger partial charge is 0.485 e. The quantitative estimate of drug-likeness (QED) is 0.648. The van der Waals surface area contributed by atoms with Crippen molar-refractivity contribution >= 4 is 22.6 Å². The van der Waals surface area contributed by atoms with E-state index >= 15 is 0 Å². The van der Waals surface area contributed by atoms with Crippen molar-refractivity contribution in [3.8, 4) is 5.75 Å². The summed E-state index contributed by atoms with van der Waals surface area (Å²) in [6.45, 7) is 0. The number of benzene rings is 2. The normalized spacial score (nSPS) is 19.0. The van der Waals surface area contributed by atoms with Gasteiger partial charge in [0.15, 0.2) is 0 Å². The first-order valence-corrected chi connectivity index (χ1v) is 6.97. The molecule has 2 heterocycles. The first-order valence-electron chi connectivity index (χ1n) is 6.97. The summed E-state index contributed by atoms with van der Waals surface area (Å²) in [6.07, 6.45) is 3.38. The smallest absolute Gasteiger partial charge is 0.130 e. The first-order chi connectivity index (χ1) is 9.90. The second-order valence-corrected chi connectivity index (χ2v) is 5.47. The number of H-pyrrole nitrogens is 1. The zero-order valence-electron chi connectivity index (χ0n) is 10.9. The van der Waals surface area contributed by atoms with Gasteiger partial charge in [0.1, 0.15) is 11.9 Å². The molecule has 96 valence electrons.